The van der Waals surface area contributed by atoms with Gasteiger partial charge in [-0.1, -0.05) is 28.1 Å². The van der Waals surface area contributed by atoms with Crippen LogP contribution in [-0.4, -0.2) is 25.4 Å². The SMILES string of the molecule is COC1C(N)CC1OCc1ccc(Br)cc1. The number of hydrogen-bond acceptors (Lipinski definition) is 3. The van der Waals surface area contributed by atoms with Crippen molar-refractivity contribution in [3.05, 3.63) is 34.3 Å². The summed E-state index contributed by atoms with van der Waals surface area (Å²) in [5.41, 5.74) is 6.97. The standard InChI is InChI=1S/C12H16BrNO2/c1-15-12-10(14)6-11(12)16-7-8-2-4-9(13)5-3-8/h2-5,10-12H,6-7,14H2,1H3. The van der Waals surface area contributed by atoms with Gasteiger partial charge in [0.25, 0.3) is 0 Å². The molecule has 1 aromatic rings. The Bertz CT molecular complexity index is 341. The first-order valence-corrected chi connectivity index (χ1v) is 6.14. The van der Waals surface area contributed by atoms with Crippen LogP contribution in [-0.2, 0) is 16.1 Å². The van der Waals surface area contributed by atoms with Gasteiger partial charge >= 0.3 is 0 Å². The van der Waals surface area contributed by atoms with Crippen molar-refractivity contribution in [1.82, 2.24) is 0 Å². The highest BCUT2D eigenvalue weighted by Crippen LogP contribution is 2.26. The van der Waals surface area contributed by atoms with E-state index in [1.165, 1.54) is 5.56 Å². The molecule has 0 aliphatic heterocycles. The summed E-state index contributed by atoms with van der Waals surface area (Å²) in [7, 11) is 1.68. The van der Waals surface area contributed by atoms with Crippen molar-refractivity contribution in [3.8, 4) is 0 Å². The molecule has 3 nitrogen and oxygen atoms in total. The van der Waals surface area contributed by atoms with Gasteiger partial charge < -0.3 is 15.2 Å². The average Bonchev–Trinajstić information content (AvgIpc) is 2.26. The van der Waals surface area contributed by atoms with E-state index in [1.54, 1.807) is 7.11 Å². The van der Waals surface area contributed by atoms with Gasteiger partial charge in [0.15, 0.2) is 0 Å². The molecule has 16 heavy (non-hydrogen) atoms. The first-order valence-electron chi connectivity index (χ1n) is 5.35. The van der Waals surface area contributed by atoms with Crippen molar-refractivity contribution in [2.24, 2.45) is 5.73 Å². The minimum atomic E-state index is 0.0513. The highest BCUT2D eigenvalue weighted by Gasteiger charge is 2.39. The summed E-state index contributed by atoms with van der Waals surface area (Å²) in [5.74, 6) is 0. The maximum Gasteiger partial charge on any atom is 0.0984 e. The summed E-state index contributed by atoms with van der Waals surface area (Å²) in [5, 5.41) is 0. The van der Waals surface area contributed by atoms with Gasteiger partial charge in [-0.3, -0.25) is 0 Å². The van der Waals surface area contributed by atoms with Crippen LogP contribution in [0.1, 0.15) is 12.0 Å². The van der Waals surface area contributed by atoms with Crippen LogP contribution >= 0.6 is 15.9 Å². The minimum Gasteiger partial charge on any atom is -0.377 e. The molecule has 0 radical (unpaired) electrons. The summed E-state index contributed by atoms with van der Waals surface area (Å²) in [4.78, 5) is 0. The summed E-state index contributed by atoms with van der Waals surface area (Å²) < 4.78 is 12.1. The molecule has 1 fully saturated rings. The maximum atomic E-state index is 5.80. The van der Waals surface area contributed by atoms with Gasteiger partial charge in [0.05, 0.1) is 18.8 Å². The molecule has 1 saturated carbocycles. The molecule has 2 rings (SSSR count). The number of nitrogens with two attached hydrogens (primary N) is 1. The summed E-state index contributed by atoms with van der Waals surface area (Å²) in [6.07, 6.45) is 1.08. The third-order valence-corrected chi connectivity index (χ3v) is 3.47. The molecule has 0 heterocycles. The van der Waals surface area contributed by atoms with Crippen LogP contribution in [0.4, 0.5) is 0 Å². The second-order valence-electron chi connectivity index (χ2n) is 4.08. The molecule has 0 spiro atoms. The van der Waals surface area contributed by atoms with E-state index in [-0.39, 0.29) is 18.2 Å². The monoisotopic (exact) mass is 285 g/mol. The number of ether oxygens (including phenoxy) is 2. The highest BCUT2D eigenvalue weighted by atomic mass is 79.9. The van der Waals surface area contributed by atoms with Gasteiger partial charge in [0.1, 0.15) is 0 Å². The molecule has 0 aromatic heterocycles. The molecule has 1 aliphatic carbocycles. The number of benzene rings is 1. The van der Waals surface area contributed by atoms with E-state index >= 15 is 0 Å². The topological polar surface area (TPSA) is 44.5 Å². The normalized spacial score (nSPS) is 28.8. The predicted molar refractivity (Wildman–Crippen MR) is 66.1 cm³/mol. The average molecular weight is 286 g/mol. The molecule has 1 aromatic carbocycles. The van der Waals surface area contributed by atoms with Crippen LogP contribution in [0.2, 0.25) is 0 Å². The lowest BCUT2D eigenvalue weighted by Crippen LogP contribution is -2.57. The summed E-state index contributed by atoms with van der Waals surface area (Å²) in [6.45, 7) is 0.616. The third kappa shape index (κ3) is 2.63. The lowest BCUT2D eigenvalue weighted by atomic mass is 9.86. The van der Waals surface area contributed by atoms with Crippen LogP contribution in [0, 0.1) is 0 Å². The first-order chi connectivity index (χ1) is 7.70. The van der Waals surface area contributed by atoms with E-state index in [0.717, 1.165) is 10.9 Å². The van der Waals surface area contributed by atoms with E-state index in [1.807, 2.05) is 24.3 Å². The Hall–Kier alpha value is -0.420. The van der Waals surface area contributed by atoms with E-state index in [2.05, 4.69) is 15.9 Å². The van der Waals surface area contributed by atoms with Gasteiger partial charge in [0, 0.05) is 17.6 Å². The zero-order valence-corrected chi connectivity index (χ0v) is 10.8. The quantitative estimate of drug-likeness (QED) is 0.921. The van der Waals surface area contributed by atoms with Gasteiger partial charge in [-0.15, -0.1) is 0 Å². The van der Waals surface area contributed by atoms with Crippen LogP contribution in [0.25, 0.3) is 0 Å². The third-order valence-electron chi connectivity index (χ3n) is 2.94. The number of rotatable bonds is 4. The van der Waals surface area contributed by atoms with Crippen molar-refractivity contribution < 1.29 is 9.47 Å². The number of methoxy groups -OCH3 is 1. The Morgan fingerprint density at radius 1 is 1.38 bits per heavy atom. The van der Waals surface area contributed by atoms with Crippen LogP contribution in [0.5, 0.6) is 0 Å². The maximum absolute atomic E-state index is 5.80. The predicted octanol–water partition coefficient (Wildman–Crippen LogP) is 2.08. The molecular formula is C12H16BrNO2. The van der Waals surface area contributed by atoms with E-state index in [0.29, 0.717) is 6.61 Å². The van der Waals surface area contributed by atoms with Crippen molar-refractivity contribution in [2.45, 2.75) is 31.3 Å². The molecule has 2 N–H and O–H groups in total. The largest absolute Gasteiger partial charge is 0.377 e. The molecule has 1 aliphatic rings. The second-order valence-corrected chi connectivity index (χ2v) is 4.99. The minimum absolute atomic E-state index is 0.0513. The van der Waals surface area contributed by atoms with E-state index < -0.39 is 0 Å². The van der Waals surface area contributed by atoms with E-state index in [4.69, 9.17) is 15.2 Å². The first kappa shape index (κ1) is 12.0. The molecule has 88 valence electrons. The molecular weight excluding hydrogens is 270 g/mol. The van der Waals surface area contributed by atoms with Crippen molar-refractivity contribution in [1.29, 1.82) is 0 Å². The van der Waals surface area contributed by atoms with Gasteiger partial charge in [-0.2, -0.15) is 0 Å². The second kappa shape index (κ2) is 5.27. The molecule has 0 amide bonds. The molecule has 0 saturated heterocycles. The molecule has 4 heteroatoms. The molecule has 0 bridgehead atoms. The molecule has 3 atom stereocenters. The highest BCUT2D eigenvalue weighted by molar-refractivity contribution is 9.10. The summed E-state index contributed by atoms with van der Waals surface area (Å²) >= 11 is 3.40. The summed E-state index contributed by atoms with van der Waals surface area (Å²) in [6, 6.07) is 8.24. The Labute approximate surface area is 104 Å². The number of halogens is 1. The van der Waals surface area contributed by atoms with Crippen molar-refractivity contribution >= 4 is 15.9 Å². The Balaban J connectivity index is 1.82. The van der Waals surface area contributed by atoms with Gasteiger partial charge in [-0.25, -0.2) is 0 Å². The zero-order chi connectivity index (χ0) is 11.5. The lowest BCUT2D eigenvalue weighted by Gasteiger charge is -2.40. The fourth-order valence-corrected chi connectivity index (χ4v) is 2.15. The van der Waals surface area contributed by atoms with E-state index in [9.17, 15) is 0 Å². The fraction of sp³-hybridized carbons (Fsp3) is 0.500. The van der Waals surface area contributed by atoms with Crippen LogP contribution in [0.15, 0.2) is 28.7 Å². The Morgan fingerprint density at radius 3 is 2.62 bits per heavy atom. The van der Waals surface area contributed by atoms with Gasteiger partial charge in [-0.05, 0) is 24.1 Å². The lowest BCUT2D eigenvalue weighted by molar-refractivity contribution is -0.131. The number of hydrogen-bond donors (Lipinski definition) is 1. The fourth-order valence-electron chi connectivity index (χ4n) is 1.89. The Morgan fingerprint density at radius 2 is 2.06 bits per heavy atom. The van der Waals surface area contributed by atoms with Crippen molar-refractivity contribution in [2.75, 3.05) is 7.11 Å². The zero-order valence-electron chi connectivity index (χ0n) is 9.23. The Kier molecular flexibility index (Phi) is 3.97. The van der Waals surface area contributed by atoms with Crippen molar-refractivity contribution in [3.63, 3.8) is 0 Å². The molecule has 3 unspecified atom stereocenters. The van der Waals surface area contributed by atoms with Gasteiger partial charge in [0.2, 0.25) is 0 Å². The van der Waals surface area contributed by atoms with Crippen LogP contribution in [0.3, 0.4) is 0 Å². The smallest absolute Gasteiger partial charge is 0.0984 e. The van der Waals surface area contributed by atoms with Crippen LogP contribution < -0.4 is 5.73 Å².